The van der Waals surface area contributed by atoms with Crippen LogP contribution in [-0.4, -0.2) is 105 Å². The van der Waals surface area contributed by atoms with E-state index >= 15 is 0 Å². The average Bonchev–Trinajstić information content (AvgIpc) is 3.73. The molecule has 1 saturated carbocycles. The lowest BCUT2D eigenvalue weighted by atomic mass is 9.53. The maximum atomic E-state index is 13.3. The second kappa shape index (κ2) is 14.7. The van der Waals surface area contributed by atoms with Crippen LogP contribution in [0.2, 0.25) is 0 Å². The number of Topliss-reactive ketones (excluding diaryl/α,β-unsaturated/α-hetero) is 1. The third-order valence-electron chi connectivity index (χ3n) is 10.7. The van der Waals surface area contributed by atoms with Crippen LogP contribution >= 0.6 is 0 Å². The van der Waals surface area contributed by atoms with Crippen LogP contribution in [0.15, 0.2) is 30.3 Å². The molecule has 5 atom stereocenters. The number of nitrogens with zero attached hydrogens (tertiary/aromatic N) is 2. The zero-order valence-electron chi connectivity index (χ0n) is 29.5. The summed E-state index contributed by atoms with van der Waals surface area (Å²) in [5.41, 5.74) is 7.33. The van der Waals surface area contributed by atoms with E-state index in [2.05, 4.69) is 41.9 Å². The number of likely N-dealkylation sites (N-methyl/N-ethyl adjacent to an activating group) is 2. The zero-order chi connectivity index (χ0) is 36.4. The van der Waals surface area contributed by atoms with E-state index in [0.717, 1.165) is 30.4 Å². The van der Waals surface area contributed by atoms with Gasteiger partial charge in [-0.05, 0) is 81.9 Å². The first-order chi connectivity index (χ1) is 24.4. The number of benzene rings is 2. The van der Waals surface area contributed by atoms with Crippen molar-refractivity contribution >= 4 is 29.7 Å². The summed E-state index contributed by atoms with van der Waals surface area (Å²) in [7, 11) is 5.73. The molecule has 2 heterocycles. The molecular formula is C36H47N7O8. The normalized spacial score (nSPS) is 22.8. The molecule has 6 rings (SSSR count). The highest BCUT2D eigenvalue weighted by Crippen LogP contribution is 2.61. The van der Waals surface area contributed by atoms with E-state index in [4.69, 9.17) is 30.1 Å². The van der Waals surface area contributed by atoms with E-state index in [-0.39, 0.29) is 55.8 Å². The van der Waals surface area contributed by atoms with Crippen LogP contribution in [0, 0.1) is 11.3 Å². The summed E-state index contributed by atoms with van der Waals surface area (Å²) in [6.07, 6.45) is 2.28. The number of ketones is 1. The Morgan fingerprint density at radius 3 is 2.63 bits per heavy atom. The first-order valence-corrected chi connectivity index (χ1v) is 17.5. The van der Waals surface area contributed by atoms with Crippen LogP contribution in [0.1, 0.15) is 60.5 Å². The number of carbonyl (C=O) groups is 4. The molecule has 2 unspecified atom stereocenters. The van der Waals surface area contributed by atoms with Gasteiger partial charge in [0.15, 0.2) is 40.8 Å². The number of amides is 3. The van der Waals surface area contributed by atoms with Gasteiger partial charge in [-0.1, -0.05) is 13.0 Å². The summed E-state index contributed by atoms with van der Waals surface area (Å²) in [5, 5.41) is 15.6. The predicted octanol–water partition coefficient (Wildman–Crippen LogP) is 1.90. The topological polar surface area (TPSA) is 198 Å². The van der Waals surface area contributed by atoms with E-state index in [1.807, 2.05) is 6.07 Å². The van der Waals surface area contributed by atoms with Crippen molar-refractivity contribution in [3.8, 4) is 23.0 Å². The Bertz CT molecular complexity index is 1720. The fraction of sp³-hybridized carbons (Fsp3) is 0.528. The summed E-state index contributed by atoms with van der Waals surface area (Å²) in [6, 6.07) is 7.87. The predicted molar refractivity (Wildman–Crippen MR) is 186 cm³/mol. The maximum Gasteiger partial charge on any atom is 0.415 e. The quantitative estimate of drug-likeness (QED) is 0.116. The molecule has 15 nitrogen and oxygen atoms in total. The third-order valence-corrected chi connectivity index (χ3v) is 10.7. The molecule has 0 aromatic heterocycles. The van der Waals surface area contributed by atoms with Crippen molar-refractivity contribution in [1.29, 1.82) is 5.41 Å². The number of rotatable bonds is 13. The largest absolute Gasteiger partial charge is 0.477 e. The Morgan fingerprint density at radius 1 is 1.10 bits per heavy atom. The number of carbonyl (C=O) groups excluding carboxylic acids is 4. The minimum Gasteiger partial charge on any atom is -0.477 e. The SMILES string of the molecule is CC[C@]12c3c4ccc(OC(=O)N(C)CCNC(=O)[C@H](CCCNC(=N)N)NC(=O)c5ccc6c(c5)OCO6)c3OC1C(=O)CCC2[C@H](N(C)C)C4. The molecule has 0 radical (unpaired) electrons. The third kappa shape index (κ3) is 6.86. The van der Waals surface area contributed by atoms with Gasteiger partial charge in [-0.15, -0.1) is 0 Å². The molecule has 51 heavy (non-hydrogen) atoms. The molecule has 2 aliphatic carbocycles. The van der Waals surface area contributed by atoms with E-state index < -0.39 is 35.5 Å². The Kier molecular flexibility index (Phi) is 10.3. The molecular weight excluding hydrogens is 658 g/mol. The van der Waals surface area contributed by atoms with Gasteiger partial charge in [-0.2, -0.15) is 0 Å². The number of nitrogens with two attached hydrogens (primary N) is 1. The van der Waals surface area contributed by atoms with E-state index in [1.54, 1.807) is 31.3 Å². The second-order valence-corrected chi connectivity index (χ2v) is 13.8. The summed E-state index contributed by atoms with van der Waals surface area (Å²) in [5.74, 6) is 0.957. The van der Waals surface area contributed by atoms with Crippen LogP contribution in [0.5, 0.6) is 23.0 Å². The summed E-state index contributed by atoms with van der Waals surface area (Å²) >= 11 is 0. The van der Waals surface area contributed by atoms with Gasteiger partial charge in [0.2, 0.25) is 12.7 Å². The van der Waals surface area contributed by atoms with Gasteiger partial charge >= 0.3 is 6.09 Å². The lowest BCUT2D eigenvalue weighted by Crippen LogP contribution is -2.60. The van der Waals surface area contributed by atoms with Crippen molar-refractivity contribution in [2.24, 2.45) is 11.7 Å². The molecule has 4 aliphatic rings. The highest BCUT2D eigenvalue weighted by molar-refractivity contribution is 5.98. The standard InChI is InChI=1S/C36H47N7O8/c1-5-36-22-10-11-25(44)31(36)51-30-27(13-8-20(29(30)36)17-24(22)42(2)3)50-35(47)43(4)16-15-39-33(46)23(7-6-14-40-34(37)38)41-32(45)21-9-12-26-28(18-21)49-19-48-26/h8-9,12-13,18,22-24,31H,5-7,10-11,14-17,19H2,1-4H3,(H,39,46)(H,41,45)(H4,37,38,40)/t22?,23-,24+,31?,36-/m0/s1. The first kappa shape index (κ1) is 35.8. The Hall–Kier alpha value is -5.05. The molecule has 1 fully saturated rings. The number of hydrogen-bond donors (Lipinski definition) is 5. The monoisotopic (exact) mass is 705 g/mol. The average molecular weight is 706 g/mol. The Balaban J connectivity index is 1.09. The molecule has 3 amide bonds. The fourth-order valence-corrected chi connectivity index (χ4v) is 8.14. The summed E-state index contributed by atoms with van der Waals surface area (Å²) in [4.78, 5) is 56.6. The molecule has 0 bridgehead atoms. The van der Waals surface area contributed by atoms with Gasteiger partial charge in [0.25, 0.3) is 5.91 Å². The van der Waals surface area contributed by atoms with Gasteiger partial charge in [0, 0.05) is 55.7 Å². The first-order valence-electron chi connectivity index (χ1n) is 17.5. The number of fused-ring (bicyclic) bond motifs is 1. The van der Waals surface area contributed by atoms with Gasteiger partial charge in [0.05, 0.1) is 0 Å². The van der Waals surface area contributed by atoms with Crippen LogP contribution in [0.3, 0.4) is 0 Å². The van der Waals surface area contributed by atoms with Gasteiger partial charge in [-0.3, -0.25) is 19.8 Å². The van der Waals surface area contributed by atoms with Gasteiger partial charge in [-0.25, -0.2) is 4.79 Å². The van der Waals surface area contributed by atoms with E-state index in [9.17, 15) is 19.2 Å². The number of guanidine groups is 1. The molecule has 274 valence electrons. The smallest absolute Gasteiger partial charge is 0.415 e. The van der Waals surface area contributed by atoms with E-state index in [1.165, 1.54) is 4.90 Å². The van der Waals surface area contributed by atoms with Crippen molar-refractivity contribution in [3.63, 3.8) is 0 Å². The van der Waals surface area contributed by atoms with E-state index in [0.29, 0.717) is 42.2 Å². The molecule has 15 heteroatoms. The Labute approximate surface area is 297 Å². The summed E-state index contributed by atoms with van der Waals surface area (Å²) in [6.45, 7) is 2.72. The van der Waals surface area contributed by atoms with Crippen LogP contribution in [0.25, 0.3) is 0 Å². The molecule has 6 N–H and O–H groups in total. The van der Waals surface area contributed by atoms with Crippen LogP contribution in [0.4, 0.5) is 4.79 Å². The highest BCUT2D eigenvalue weighted by Gasteiger charge is 2.63. The minimum atomic E-state index is -0.904. The number of nitrogens with one attached hydrogen (secondary N) is 4. The number of hydrogen-bond acceptors (Lipinski definition) is 10. The van der Waals surface area contributed by atoms with Gasteiger partial charge < -0.3 is 50.4 Å². The molecule has 0 spiro atoms. The zero-order valence-corrected chi connectivity index (χ0v) is 29.5. The second-order valence-electron chi connectivity index (χ2n) is 13.8. The van der Waals surface area contributed by atoms with Crippen LogP contribution in [-0.2, 0) is 21.4 Å². The molecule has 2 aromatic carbocycles. The van der Waals surface area contributed by atoms with Crippen molar-refractivity contribution in [2.45, 2.75) is 69.1 Å². The highest BCUT2D eigenvalue weighted by atomic mass is 16.7. The maximum absolute atomic E-state index is 13.3. The molecule has 2 aromatic rings. The molecule has 0 saturated heterocycles. The minimum absolute atomic E-state index is 0.0672. The summed E-state index contributed by atoms with van der Waals surface area (Å²) < 4.78 is 23.0. The Morgan fingerprint density at radius 2 is 1.88 bits per heavy atom. The van der Waals surface area contributed by atoms with Crippen molar-refractivity contribution in [3.05, 3.63) is 47.0 Å². The lowest BCUT2D eigenvalue weighted by molar-refractivity contribution is -0.135. The lowest BCUT2D eigenvalue weighted by Gasteiger charge is -2.52. The molecule has 2 aliphatic heterocycles. The fourth-order valence-electron chi connectivity index (χ4n) is 8.14. The van der Waals surface area contributed by atoms with Gasteiger partial charge in [0.1, 0.15) is 6.04 Å². The van der Waals surface area contributed by atoms with Crippen molar-refractivity contribution in [2.75, 3.05) is 47.6 Å². The number of ether oxygens (including phenoxy) is 4. The van der Waals surface area contributed by atoms with Crippen LogP contribution < -0.4 is 40.6 Å². The van der Waals surface area contributed by atoms with Crippen molar-refractivity contribution in [1.82, 2.24) is 25.8 Å². The van der Waals surface area contributed by atoms with Crippen molar-refractivity contribution < 1.29 is 38.1 Å².